The number of nitrogens with zero attached hydrogens (tertiary/aromatic N) is 2. The number of hydrogen-bond donors (Lipinski definition) is 2. The molecule has 0 aliphatic rings. The molecular weight excluding hydrogens is 254 g/mol. The quantitative estimate of drug-likeness (QED) is 0.846. The van der Waals surface area contributed by atoms with Gasteiger partial charge < -0.3 is 15.3 Å². The normalized spacial score (nSPS) is 11.9. The molecule has 7 heteroatoms. The lowest BCUT2D eigenvalue weighted by molar-refractivity contribution is -0.141. The fourth-order valence-electron chi connectivity index (χ4n) is 1.34. The summed E-state index contributed by atoms with van der Waals surface area (Å²) in [6.07, 6.45) is 0. The number of aryl methyl sites for hydroxylation is 1. The third kappa shape index (κ3) is 4.33. The molecule has 0 spiro atoms. The zero-order valence-corrected chi connectivity index (χ0v) is 11.5. The summed E-state index contributed by atoms with van der Waals surface area (Å²) < 4.78 is 0. The van der Waals surface area contributed by atoms with E-state index in [2.05, 4.69) is 10.3 Å². The molecule has 0 fully saturated rings. The van der Waals surface area contributed by atoms with Crippen LogP contribution in [0, 0.1) is 12.8 Å². The number of urea groups is 1. The first-order chi connectivity index (χ1) is 8.40. The molecule has 0 aromatic carbocycles. The van der Waals surface area contributed by atoms with Gasteiger partial charge in [-0.15, -0.1) is 11.3 Å². The molecule has 0 saturated carbocycles. The van der Waals surface area contributed by atoms with E-state index in [1.165, 1.54) is 16.2 Å². The van der Waals surface area contributed by atoms with Crippen LogP contribution in [0.2, 0.25) is 0 Å². The van der Waals surface area contributed by atoms with Crippen LogP contribution in [0.25, 0.3) is 0 Å². The molecule has 2 amide bonds. The molecule has 1 rings (SSSR count). The average molecular weight is 271 g/mol. The second-order valence-electron chi connectivity index (χ2n) is 4.16. The lowest BCUT2D eigenvalue weighted by atomic mass is 10.2. The van der Waals surface area contributed by atoms with E-state index in [-0.39, 0.29) is 12.6 Å². The summed E-state index contributed by atoms with van der Waals surface area (Å²) in [6.45, 7) is 4.00. The van der Waals surface area contributed by atoms with E-state index in [9.17, 15) is 9.59 Å². The fourth-order valence-corrected chi connectivity index (χ4v) is 2.05. The van der Waals surface area contributed by atoms with Gasteiger partial charge in [-0.25, -0.2) is 9.78 Å². The van der Waals surface area contributed by atoms with Gasteiger partial charge in [0, 0.05) is 24.7 Å². The van der Waals surface area contributed by atoms with Crippen LogP contribution in [0.15, 0.2) is 5.38 Å². The van der Waals surface area contributed by atoms with Gasteiger partial charge in [0.2, 0.25) is 0 Å². The number of aromatic nitrogens is 1. The Bertz CT molecular complexity index is 433. The van der Waals surface area contributed by atoms with Gasteiger partial charge in [-0.2, -0.15) is 0 Å². The predicted molar refractivity (Wildman–Crippen MR) is 68.5 cm³/mol. The number of aliphatic carboxylic acids is 1. The molecule has 1 aromatic rings. The highest BCUT2D eigenvalue weighted by Crippen LogP contribution is 2.08. The number of carboxylic acid groups (broad SMARTS) is 1. The number of thiazole rings is 1. The number of carbonyl (C=O) groups is 2. The van der Waals surface area contributed by atoms with Crippen LogP contribution in [-0.2, 0) is 11.3 Å². The molecule has 0 bridgehead atoms. The molecule has 0 saturated heterocycles. The Balaban J connectivity index is 2.38. The summed E-state index contributed by atoms with van der Waals surface area (Å²) in [5, 5.41) is 14.2. The van der Waals surface area contributed by atoms with Gasteiger partial charge in [-0.1, -0.05) is 6.92 Å². The van der Waals surface area contributed by atoms with Crippen molar-refractivity contribution in [3.05, 3.63) is 16.1 Å². The van der Waals surface area contributed by atoms with Crippen LogP contribution in [0.1, 0.15) is 17.6 Å². The van der Waals surface area contributed by atoms with Gasteiger partial charge in [0.15, 0.2) is 0 Å². The number of hydrogen-bond acceptors (Lipinski definition) is 4. The maximum absolute atomic E-state index is 11.7. The smallest absolute Gasteiger partial charge is 0.317 e. The standard InChI is InChI=1S/C11H17N3O3S/c1-7(10(15)16)5-14(3)11(17)12-4-9-13-8(2)6-18-9/h6-7H,4-5H2,1-3H3,(H,12,17)(H,15,16). The van der Waals surface area contributed by atoms with Gasteiger partial charge >= 0.3 is 12.0 Å². The zero-order valence-electron chi connectivity index (χ0n) is 10.6. The summed E-state index contributed by atoms with van der Waals surface area (Å²) >= 11 is 1.48. The number of rotatable bonds is 5. The predicted octanol–water partition coefficient (Wildman–Crippen LogP) is 1.31. The van der Waals surface area contributed by atoms with Gasteiger partial charge in [0.1, 0.15) is 5.01 Å². The molecule has 0 aliphatic heterocycles. The molecule has 100 valence electrons. The molecule has 0 radical (unpaired) electrons. The lowest BCUT2D eigenvalue weighted by Gasteiger charge is -2.19. The van der Waals surface area contributed by atoms with E-state index in [1.807, 2.05) is 12.3 Å². The van der Waals surface area contributed by atoms with Crippen LogP contribution in [0.3, 0.4) is 0 Å². The molecule has 6 nitrogen and oxygen atoms in total. The van der Waals surface area contributed by atoms with Crippen LogP contribution in [0.5, 0.6) is 0 Å². The molecule has 18 heavy (non-hydrogen) atoms. The van der Waals surface area contributed by atoms with E-state index < -0.39 is 11.9 Å². The van der Waals surface area contributed by atoms with Gasteiger partial charge in [0.05, 0.1) is 12.5 Å². The summed E-state index contributed by atoms with van der Waals surface area (Å²) in [5.74, 6) is -1.49. The topological polar surface area (TPSA) is 82.5 Å². The maximum Gasteiger partial charge on any atom is 0.317 e. The monoisotopic (exact) mass is 271 g/mol. The van der Waals surface area contributed by atoms with Crippen molar-refractivity contribution in [2.45, 2.75) is 20.4 Å². The van der Waals surface area contributed by atoms with E-state index in [0.717, 1.165) is 10.7 Å². The minimum absolute atomic E-state index is 0.179. The largest absolute Gasteiger partial charge is 0.481 e. The highest BCUT2D eigenvalue weighted by atomic mass is 32.1. The second-order valence-corrected chi connectivity index (χ2v) is 5.10. The summed E-state index contributed by atoms with van der Waals surface area (Å²) in [4.78, 5) is 27.9. The Hall–Kier alpha value is -1.63. The second kappa shape index (κ2) is 6.34. The van der Waals surface area contributed by atoms with Crippen molar-refractivity contribution in [2.24, 2.45) is 5.92 Å². The third-order valence-electron chi connectivity index (χ3n) is 2.37. The van der Waals surface area contributed by atoms with Gasteiger partial charge in [0.25, 0.3) is 0 Å². The van der Waals surface area contributed by atoms with Crippen molar-refractivity contribution in [3.8, 4) is 0 Å². The van der Waals surface area contributed by atoms with E-state index in [4.69, 9.17) is 5.11 Å². The van der Waals surface area contributed by atoms with Crippen LogP contribution in [0.4, 0.5) is 4.79 Å². The minimum Gasteiger partial charge on any atom is -0.481 e. The molecule has 0 aliphatic carbocycles. The number of carboxylic acids is 1. The Morgan fingerprint density at radius 1 is 1.61 bits per heavy atom. The van der Waals surface area contributed by atoms with Gasteiger partial charge in [-0.3, -0.25) is 4.79 Å². The van der Waals surface area contributed by atoms with Crippen molar-refractivity contribution in [1.82, 2.24) is 15.2 Å². The highest BCUT2D eigenvalue weighted by Gasteiger charge is 2.17. The zero-order chi connectivity index (χ0) is 13.7. The summed E-state index contributed by atoms with van der Waals surface area (Å²) in [7, 11) is 1.57. The summed E-state index contributed by atoms with van der Waals surface area (Å²) in [5.41, 5.74) is 0.928. The highest BCUT2D eigenvalue weighted by molar-refractivity contribution is 7.09. The van der Waals surface area contributed by atoms with Crippen LogP contribution < -0.4 is 5.32 Å². The molecule has 2 N–H and O–H groups in total. The Morgan fingerprint density at radius 2 is 2.28 bits per heavy atom. The van der Waals surface area contributed by atoms with Gasteiger partial charge in [-0.05, 0) is 6.92 Å². The number of nitrogens with one attached hydrogen (secondary N) is 1. The Kier molecular flexibility index (Phi) is 5.08. The lowest BCUT2D eigenvalue weighted by Crippen LogP contribution is -2.40. The van der Waals surface area contributed by atoms with Crippen molar-refractivity contribution in [3.63, 3.8) is 0 Å². The molecule has 1 heterocycles. The first-order valence-corrected chi connectivity index (χ1v) is 6.41. The van der Waals surface area contributed by atoms with Crippen molar-refractivity contribution >= 4 is 23.3 Å². The minimum atomic E-state index is -0.912. The van der Waals surface area contributed by atoms with E-state index in [0.29, 0.717) is 6.54 Å². The third-order valence-corrected chi connectivity index (χ3v) is 3.34. The molecule has 1 atom stereocenters. The molecule has 1 unspecified atom stereocenters. The fraction of sp³-hybridized carbons (Fsp3) is 0.545. The number of amides is 2. The molecule has 1 aromatic heterocycles. The Morgan fingerprint density at radius 3 is 2.78 bits per heavy atom. The average Bonchev–Trinajstić information content (AvgIpc) is 2.71. The Labute approximate surface area is 110 Å². The SMILES string of the molecule is Cc1csc(CNC(=O)N(C)CC(C)C(=O)O)n1. The van der Waals surface area contributed by atoms with Crippen LogP contribution in [-0.4, -0.2) is 40.6 Å². The maximum atomic E-state index is 11.7. The van der Waals surface area contributed by atoms with E-state index in [1.54, 1.807) is 14.0 Å². The summed E-state index contributed by atoms with van der Waals surface area (Å²) in [6, 6.07) is -0.295. The van der Waals surface area contributed by atoms with Crippen molar-refractivity contribution in [1.29, 1.82) is 0 Å². The van der Waals surface area contributed by atoms with Crippen molar-refractivity contribution < 1.29 is 14.7 Å². The van der Waals surface area contributed by atoms with Crippen molar-refractivity contribution in [2.75, 3.05) is 13.6 Å². The first kappa shape index (κ1) is 14.4. The van der Waals surface area contributed by atoms with E-state index >= 15 is 0 Å². The van der Waals surface area contributed by atoms with Crippen LogP contribution >= 0.6 is 11.3 Å². The number of carbonyl (C=O) groups excluding carboxylic acids is 1. The first-order valence-electron chi connectivity index (χ1n) is 5.53. The molecular formula is C11H17N3O3S.